The maximum Gasteiger partial charge on any atom is 0.447 e. The summed E-state index contributed by atoms with van der Waals surface area (Å²) in [4.78, 5) is 15.5. The van der Waals surface area contributed by atoms with Gasteiger partial charge in [0, 0.05) is 18.0 Å². The standard InChI is InChI=1S/C13H11F3N2O3S/c14-13(15,16)22-12-8(3-1-5-17-12)11(20)18-7-9(19)10-4-2-6-21-10/h1-6,9,19H,7H2,(H,18,20). The van der Waals surface area contributed by atoms with Crippen LogP contribution in [0.4, 0.5) is 13.2 Å². The number of thioether (sulfide) groups is 1. The van der Waals surface area contributed by atoms with E-state index in [0.717, 1.165) is 0 Å². The molecule has 5 nitrogen and oxygen atoms in total. The lowest BCUT2D eigenvalue weighted by Gasteiger charge is -2.12. The Morgan fingerprint density at radius 3 is 2.82 bits per heavy atom. The van der Waals surface area contributed by atoms with Gasteiger partial charge in [-0.15, -0.1) is 0 Å². The van der Waals surface area contributed by atoms with Crippen molar-refractivity contribution in [3.63, 3.8) is 0 Å². The van der Waals surface area contributed by atoms with E-state index in [1.165, 1.54) is 30.7 Å². The van der Waals surface area contributed by atoms with E-state index in [0.29, 0.717) is 0 Å². The highest BCUT2D eigenvalue weighted by Gasteiger charge is 2.32. The molecule has 2 aromatic rings. The highest BCUT2D eigenvalue weighted by molar-refractivity contribution is 8.00. The van der Waals surface area contributed by atoms with Crippen molar-refractivity contribution in [1.29, 1.82) is 0 Å². The quantitative estimate of drug-likeness (QED) is 0.824. The number of aliphatic hydroxyl groups excluding tert-OH is 1. The largest absolute Gasteiger partial charge is 0.467 e. The van der Waals surface area contributed by atoms with Gasteiger partial charge in [0.2, 0.25) is 0 Å². The molecule has 2 heterocycles. The van der Waals surface area contributed by atoms with Crippen molar-refractivity contribution in [2.45, 2.75) is 16.6 Å². The van der Waals surface area contributed by atoms with Crippen LogP contribution in [0.3, 0.4) is 0 Å². The summed E-state index contributed by atoms with van der Waals surface area (Å²) in [5, 5.41) is 11.7. The van der Waals surface area contributed by atoms with Gasteiger partial charge in [-0.05, 0) is 24.3 Å². The number of alkyl halides is 3. The van der Waals surface area contributed by atoms with Gasteiger partial charge < -0.3 is 14.8 Å². The minimum absolute atomic E-state index is 0.197. The summed E-state index contributed by atoms with van der Waals surface area (Å²) in [7, 11) is 0. The molecule has 22 heavy (non-hydrogen) atoms. The molecule has 0 aliphatic heterocycles. The number of amides is 1. The molecule has 2 N–H and O–H groups in total. The van der Waals surface area contributed by atoms with E-state index in [-0.39, 0.29) is 17.9 Å². The first-order chi connectivity index (χ1) is 10.4. The van der Waals surface area contributed by atoms with Crippen molar-refractivity contribution in [3.05, 3.63) is 48.0 Å². The number of nitrogens with one attached hydrogen (secondary N) is 1. The van der Waals surface area contributed by atoms with Crippen LogP contribution in [-0.4, -0.2) is 28.1 Å². The Labute approximate surface area is 127 Å². The lowest BCUT2D eigenvalue weighted by Crippen LogP contribution is -2.29. The molecule has 1 atom stereocenters. The number of hydrogen-bond donors (Lipinski definition) is 2. The zero-order chi connectivity index (χ0) is 16.2. The first-order valence-electron chi connectivity index (χ1n) is 6.07. The van der Waals surface area contributed by atoms with Crippen LogP contribution in [0.15, 0.2) is 46.2 Å². The minimum Gasteiger partial charge on any atom is -0.467 e. The molecule has 0 bridgehead atoms. The number of nitrogens with zero attached hydrogens (tertiary/aromatic N) is 1. The summed E-state index contributed by atoms with van der Waals surface area (Å²) in [6, 6.07) is 5.68. The fourth-order valence-corrected chi connectivity index (χ4v) is 2.22. The molecular formula is C13H11F3N2O3S. The first kappa shape index (κ1) is 16.4. The zero-order valence-corrected chi connectivity index (χ0v) is 11.8. The summed E-state index contributed by atoms with van der Waals surface area (Å²) in [6.45, 7) is -0.197. The SMILES string of the molecule is O=C(NCC(O)c1ccco1)c1cccnc1SC(F)(F)F. The van der Waals surface area contributed by atoms with E-state index in [1.807, 2.05) is 0 Å². The van der Waals surface area contributed by atoms with Crippen molar-refractivity contribution >= 4 is 17.7 Å². The molecule has 0 spiro atoms. The van der Waals surface area contributed by atoms with Crippen LogP contribution < -0.4 is 5.32 Å². The molecule has 0 fully saturated rings. The topological polar surface area (TPSA) is 75.4 Å². The number of carbonyl (C=O) groups excluding carboxylic acids is 1. The highest BCUT2D eigenvalue weighted by atomic mass is 32.2. The van der Waals surface area contributed by atoms with Gasteiger partial charge >= 0.3 is 5.51 Å². The zero-order valence-electron chi connectivity index (χ0n) is 11.0. The number of hydrogen-bond acceptors (Lipinski definition) is 5. The first-order valence-corrected chi connectivity index (χ1v) is 6.89. The third-order valence-corrected chi connectivity index (χ3v) is 3.31. The number of carbonyl (C=O) groups is 1. The Morgan fingerprint density at radius 2 is 2.18 bits per heavy atom. The van der Waals surface area contributed by atoms with Crippen LogP contribution in [0.1, 0.15) is 22.2 Å². The van der Waals surface area contributed by atoms with Gasteiger partial charge in [-0.2, -0.15) is 13.2 Å². The van der Waals surface area contributed by atoms with Crippen molar-refractivity contribution in [3.8, 4) is 0 Å². The third kappa shape index (κ3) is 4.50. The lowest BCUT2D eigenvalue weighted by molar-refractivity contribution is -0.0329. The molecule has 1 amide bonds. The molecule has 0 saturated carbocycles. The summed E-state index contributed by atoms with van der Waals surface area (Å²) >= 11 is -0.465. The summed E-state index contributed by atoms with van der Waals surface area (Å²) < 4.78 is 42.2. The van der Waals surface area contributed by atoms with E-state index in [4.69, 9.17) is 4.42 Å². The molecular weight excluding hydrogens is 321 g/mol. The summed E-state index contributed by atoms with van der Waals surface area (Å²) in [5.74, 6) is -0.512. The maximum absolute atomic E-state index is 12.4. The monoisotopic (exact) mass is 332 g/mol. The Morgan fingerprint density at radius 1 is 1.41 bits per heavy atom. The van der Waals surface area contributed by atoms with E-state index in [1.54, 1.807) is 6.07 Å². The Hall–Kier alpha value is -2.00. The lowest BCUT2D eigenvalue weighted by atomic mass is 10.2. The fourth-order valence-electron chi connectivity index (χ4n) is 1.62. The van der Waals surface area contributed by atoms with E-state index in [9.17, 15) is 23.1 Å². The normalized spacial score (nSPS) is 12.9. The molecule has 0 saturated heterocycles. The van der Waals surface area contributed by atoms with Gasteiger partial charge in [-0.25, -0.2) is 4.98 Å². The number of aromatic nitrogens is 1. The molecule has 2 rings (SSSR count). The second kappa shape index (κ2) is 6.84. The van der Waals surface area contributed by atoms with Crippen molar-refractivity contribution in [2.75, 3.05) is 6.54 Å². The van der Waals surface area contributed by atoms with Gasteiger partial charge in [0.15, 0.2) is 0 Å². The predicted molar refractivity (Wildman–Crippen MR) is 72.2 cm³/mol. The second-order valence-electron chi connectivity index (χ2n) is 4.15. The van der Waals surface area contributed by atoms with Crippen LogP contribution in [0.25, 0.3) is 0 Å². The Kier molecular flexibility index (Phi) is 5.09. The average Bonchev–Trinajstić information content (AvgIpc) is 2.97. The highest BCUT2D eigenvalue weighted by Crippen LogP contribution is 2.37. The van der Waals surface area contributed by atoms with Crippen LogP contribution in [0, 0.1) is 0 Å². The van der Waals surface area contributed by atoms with Gasteiger partial charge in [0.05, 0.1) is 18.4 Å². The minimum atomic E-state index is -4.54. The van der Waals surface area contributed by atoms with Crippen LogP contribution >= 0.6 is 11.8 Å². The van der Waals surface area contributed by atoms with Crippen molar-refractivity contribution in [2.24, 2.45) is 0 Å². The van der Waals surface area contributed by atoms with Crippen molar-refractivity contribution in [1.82, 2.24) is 10.3 Å². The van der Waals surface area contributed by atoms with Gasteiger partial charge in [-0.1, -0.05) is 0 Å². The van der Waals surface area contributed by atoms with Crippen LogP contribution in [0.5, 0.6) is 0 Å². The predicted octanol–water partition coefficient (Wildman–Crippen LogP) is 2.75. The molecule has 9 heteroatoms. The molecule has 0 radical (unpaired) electrons. The van der Waals surface area contributed by atoms with E-state index >= 15 is 0 Å². The maximum atomic E-state index is 12.4. The average molecular weight is 332 g/mol. The number of aliphatic hydroxyl groups is 1. The molecule has 0 aliphatic rings. The van der Waals surface area contributed by atoms with Crippen LogP contribution in [-0.2, 0) is 0 Å². The smallest absolute Gasteiger partial charge is 0.447 e. The number of halogens is 3. The summed E-state index contributed by atoms with van der Waals surface area (Å²) in [5.41, 5.74) is -4.76. The van der Waals surface area contributed by atoms with Gasteiger partial charge in [-0.3, -0.25) is 4.79 Å². The fraction of sp³-hybridized carbons (Fsp3) is 0.231. The third-order valence-electron chi connectivity index (χ3n) is 2.56. The second-order valence-corrected chi connectivity index (χ2v) is 5.20. The van der Waals surface area contributed by atoms with Crippen molar-refractivity contribution < 1.29 is 27.5 Å². The number of rotatable bonds is 5. The Balaban J connectivity index is 2.03. The molecule has 2 aromatic heterocycles. The van der Waals surface area contributed by atoms with E-state index in [2.05, 4.69) is 10.3 Å². The molecule has 0 aliphatic carbocycles. The van der Waals surface area contributed by atoms with Gasteiger partial charge in [0.1, 0.15) is 16.9 Å². The van der Waals surface area contributed by atoms with E-state index < -0.39 is 34.3 Å². The molecule has 0 aromatic carbocycles. The molecule has 118 valence electrons. The number of pyridine rings is 1. The van der Waals surface area contributed by atoms with Gasteiger partial charge in [0.25, 0.3) is 5.91 Å². The van der Waals surface area contributed by atoms with Crippen LogP contribution in [0.2, 0.25) is 0 Å². The molecule has 1 unspecified atom stereocenters. The Bertz CT molecular complexity index is 632. The summed E-state index contributed by atoms with van der Waals surface area (Å²) in [6.07, 6.45) is 1.44. The number of furan rings is 1.